The summed E-state index contributed by atoms with van der Waals surface area (Å²) in [5.41, 5.74) is 5.65. The molecule has 86 valence electrons. The lowest BCUT2D eigenvalue weighted by atomic mass is 10.3. The molecule has 0 atom stereocenters. The largest absolute Gasteiger partial charge is 0.457 e. The number of carbonyl (C=O) groups is 1. The van der Waals surface area contributed by atoms with Gasteiger partial charge in [-0.05, 0) is 18.2 Å². The molecule has 2 N–H and O–H groups in total. The smallest absolute Gasteiger partial charge is 0.168 e. The molecule has 2 rings (SSSR count). The zero-order valence-electron chi connectivity index (χ0n) is 8.76. The van der Waals surface area contributed by atoms with E-state index < -0.39 is 5.82 Å². The van der Waals surface area contributed by atoms with Gasteiger partial charge in [0.2, 0.25) is 0 Å². The first-order valence-electron chi connectivity index (χ1n) is 4.83. The molecular weight excluding hydrogens is 223 g/mol. The van der Waals surface area contributed by atoms with Gasteiger partial charge in [0.05, 0.1) is 5.69 Å². The minimum atomic E-state index is -0.549. The second-order valence-electron chi connectivity index (χ2n) is 3.32. The number of rotatable bonds is 3. The molecule has 0 saturated heterocycles. The van der Waals surface area contributed by atoms with Crippen molar-refractivity contribution >= 4 is 12.0 Å². The predicted molar refractivity (Wildman–Crippen MR) is 60.5 cm³/mol. The first-order chi connectivity index (χ1) is 8.19. The van der Waals surface area contributed by atoms with E-state index in [0.29, 0.717) is 17.8 Å². The molecular formula is C12H9FN2O2. The zero-order chi connectivity index (χ0) is 12.3. The van der Waals surface area contributed by atoms with Crippen molar-refractivity contribution in [3.05, 3.63) is 48.0 Å². The predicted octanol–water partition coefficient (Wildman–Crippen LogP) is 2.41. The van der Waals surface area contributed by atoms with Gasteiger partial charge in [-0.15, -0.1) is 0 Å². The first-order valence-corrected chi connectivity index (χ1v) is 4.83. The maximum absolute atomic E-state index is 13.2. The van der Waals surface area contributed by atoms with Gasteiger partial charge < -0.3 is 10.5 Å². The summed E-state index contributed by atoms with van der Waals surface area (Å²) in [6.07, 6.45) is 2.04. The van der Waals surface area contributed by atoms with E-state index in [1.165, 1.54) is 24.4 Å². The van der Waals surface area contributed by atoms with E-state index in [9.17, 15) is 9.18 Å². The van der Waals surface area contributed by atoms with Crippen LogP contribution in [0.5, 0.6) is 11.5 Å². The summed E-state index contributed by atoms with van der Waals surface area (Å²) >= 11 is 0. The highest BCUT2D eigenvalue weighted by molar-refractivity contribution is 5.72. The van der Waals surface area contributed by atoms with Crippen molar-refractivity contribution in [1.29, 1.82) is 0 Å². The Morgan fingerprint density at radius 3 is 2.71 bits per heavy atom. The fraction of sp³-hybridized carbons (Fsp3) is 0. The molecule has 4 nitrogen and oxygen atoms in total. The highest BCUT2D eigenvalue weighted by Crippen LogP contribution is 2.24. The van der Waals surface area contributed by atoms with Gasteiger partial charge in [0.1, 0.15) is 23.0 Å². The molecule has 0 fully saturated rings. The second-order valence-corrected chi connectivity index (χ2v) is 3.32. The lowest BCUT2D eigenvalue weighted by molar-refractivity contribution is 0.111. The average molecular weight is 232 g/mol. The van der Waals surface area contributed by atoms with Crippen LogP contribution in [0.3, 0.4) is 0 Å². The number of ether oxygens (including phenoxy) is 1. The summed E-state index contributed by atoms with van der Waals surface area (Å²) < 4.78 is 18.5. The molecule has 0 amide bonds. The van der Waals surface area contributed by atoms with Crippen molar-refractivity contribution in [3.63, 3.8) is 0 Å². The van der Waals surface area contributed by atoms with Crippen LogP contribution in [-0.4, -0.2) is 11.3 Å². The van der Waals surface area contributed by atoms with E-state index in [1.54, 1.807) is 12.1 Å². The minimum absolute atomic E-state index is 0.0562. The number of nitrogens with zero attached hydrogens (tertiary/aromatic N) is 1. The molecule has 0 aliphatic carbocycles. The first kappa shape index (κ1) is 11.1. The molecule has 0 aliphatic heterocycles. The molecule has 0 unspecified atom stereocenters. The summed E-state index contributed by atoms with van der Waals surface area (Å²) in [7, 11) is 0. The van der Waals surface area contributed by atoms with Crippen molar-refractivity contribution in [2.45, 2.75) is 0 Å². The lowest BCUT2D eigenvalue weighted by Gasteiger charge is -2.06. The number of aldehydes is 1. The van der Waals surface area contributed by atoms with Gasteiger partial charge in [0.25, 0.3) is 0 Å². The van der Waals surface area contributed by atoms with Crippen molar-refractivity contribution in [3.8, 4) is 11.5 Å². The fourth-order valence-corrected chi connectivity index (χ4v) is 1.26. The van der Waals surface area contributed by atoms with Crippen LogP contribution in [0.1, 0.15) is 10.5 Å². The van der Waals surface area contributed by atoms with Crippen LogP contribution >= 0.6 is 0 Å². The van der Waals surface area contributed by atoms with Gasteiger partial charge in [0.15, 0.2) is 6.29 Å². The zero-order valence-corrected chi connectivity index (χ0v) is 8.76. The molecule has 1 heterocycles. The maximum Gasteiger partial charge on any atom is 0.168 e. The molecule has 0 bridgehead atoms. The number of hydrogen-bond acceptors (Lipinski definition) is 4. The molecule has 0 radical (unpaired) electrons. The molecule has 17 heavy (non-hydrogen) atoms. The van der Waals surface area contributed by atoms with Crippen molar-refractivity contribution in [2.75, 3.05) is 5.73 Å². The molecule has 0 spiro atoms. The monoisotopic (exact) mass is 232 g/mol. The number of halogens is 1. The molecule has 1 aromatic carbocycles. The van der Waals surface area contributed by atoms with Crippen LogP contribution in [0, 0.1) is 5.82 Å². The van der Waals surface area contributed by atoms with Crippen molar-refractivity contribution in [2.24, 2.45) is 0 Å². The van der Waals surface area contributed by atoms with Gasteiger partial charge in [-0.25, -0.2) is 4.39 Å². The van der Waals surface area contributed by atoms with E-state index in [4.69, 9.17) is 10.5 Å². The Balaban J connectivity index is 2.24. The number of aromatic nitrogens is 1. The number of pyridine rings is 1. The van der Waals surface area contributed by atoms with Crippen molar-refractivity contribution in [1.82, 2.24) is 4.98 Å². The summed E-state index contributed by atoms with van der Waals surface area (Å²) in [6.45, 7) is 0. The molecule has 1 aromatic heterocycles. The molecule has 2 aromatic rings. The van der Waals surface area contributed by atoms with Crippen LogP contribution in [0.4, 0.5) is 10.1 Å². The Bertz CT molecular complexity index is 558. The van der Waals surface area contributed by atoms with Gasteiger partial charge in [-0.3, -0.25) is 9.78 Å². The van der Waals surface area contributed by atoms with Crippen LogP contribution in [0.2, 0.25) is 0 Å². The van der Waals surface area contributed by atoms with Crippen LogP contribution in [0.15, 0.2) is 36.5 Å². The van der Waals surface area contributed by atoms with Crippen LogP contribution < -0.4 is 10.5 Å². The second kappa shape index (κ2) is 4.61. The number of hydrogen-bond donors (Lipinski definition) is 1. The van der Waals surface area contributed by atoms with E-state index in [1.807, 2.05) is 0 Å². The van der Waals surface area contributed by atoms with Crippen molar-refractivity contribution < 1.29 is 13.9 Å². The Hall–Kier alpha value is -2.43. The van der Waals surface area contributed by atoms with Gasteiger partial charge in [-0.1, -0.05) is 0 Å². The van der Waals surface area contributed by atoms with E-state index in [2.05, 4.69) is 4.98 Å². The topological polar surface area (TPSA) is 65.2 Å². The third kappa shape index (κ3) is 2.57. The Morgan fingerprint density at radius 1 is 1.24 bits per heavy atom. The highest BCUT2D eigenvalue weighted by atomic mass is 19.1. The third-order valence-corrected chi connectivity index (χ3v) is 2.08. The van der Waals surface area contributed by atoms with Gasteiger partial charge in [0, 0.05) is 18.3 Å². The number of anilines is 1. The summed E-state index contributed by atoms with van der Waals surface area (Å²) in [4.78, 5) is 14.3. The normalized spacial score (nSPS) is 9.94. The number of nitrogens with two attached hydrogens (primary N) is 1. The average Bonchev–Trinajstić information content (AvgIpc) is 2.34. The number of benzene rings is 1. The quantitative estimate of drug-likeness (QED) is 0.651. The number of nitrogen functional groups attached to an aromatic ring is 1. The van der Waals surface area contributed by atoms with Gasteiger partial charge >= 0.3 is 0 Å². The standard InChI is InChI=1S/C12H9FN2O2/c13-11-6-9(1-2-12(11)14)17-10-3-4-15-8(5-10)7-16/h1-7H,14H2. The SMILES string of the molecule is Nc1ccc(Oc2ccnc(C=O)c2)cc1F. The maximum atomic E-state index is 13.2. The molecule has 0 aliphatic rings. The van der Waals surface area contributed by atoms with Crippen LogP contribution in [-0.2, 0) is 0 Å². The number of carbonyl (C=O) groups excluding carboxylic acids is 1. The highest BCUT2D eigenvalue weighted by Gasteiger charge is 2.03. The van der Waals surface area contributed by atoms with Crippen LogP contribution in [0.25, 0.3) is 0 Å². The van der Waals surface area contributed by atoms with E-state index >= 15 is 0 Å². The Kier molecular flexibility index (Phi) is 3.00. The Morgan fingerprint density at radius 2 is 2.00 bits per heavy atom. The van der Waals surface area contributed by atoms with E-state index in [-0.39, 0.29) is 11.4 Å². The minimum Gasteiger partial charge on any atom is -0.457 e. The van der Waals surface area contributed by atoms with E-state index in [0.717, 1.165) is 0 Å². The summed E-state index contributed by atoms with van der Waals surface area (Å²) in [6, 6.07) is 7.16. The fourth-order valence-electron chi connectivity index (χ4n) is 1.26. The molecule has 0 saturated carbocycles. The lowest BCUT2D eigenvalue weighted by Crippen LogP contribution is -1.92. The van der Waals surface area contributed by atoms with Gasteiger partial charge in [-0.2, -0.15) is 0 Å². The summed E-state index contributed by atoms with van der Waals surface area (Å²) in [5.74, 6) is 0.165. The summed E-state index contributed by atoms with van der Waals surface area (Å²) in [5, 5.41) is 0. The Labute approximate surface area is 96.9 Å². The third-order valence-electron chi connectivity index (χ3n) is 2.08. The molecule has 5 heteroatoms.